The second-order valence-corrected chi connectivity index (χ2v) is 4.13. The summed E-state index contributed by atoms with van der Waals surface area (Å²) in [6.45, 7) is 5.79. The van der Waals surface area contributed by atoms with Crippen molar-refractivity contribution in [1.29, 1.82) is 5.26 Å². The Balaban J connectivity index is 2.67. The SMILES string of the molecule is C=CCCC(C)Nc1ccc(Cl)c(C#N)c1. The largest absolute Gasteiger partial charge is 0.383 e. The van der Waals surface area contributed by atoms with Gasteiger partial charge in [-0.1, -0.05) is 17.7 Å². The first-order valence-corrected chi connectivity index (χ1v) is 5.62. The molecule has 0 saturated carbocycles. The molecule has 16 heavy (non-hydrogen) atoms. The molecule has 0 fully saturated rings. The molecule has 0 bridgehead atoms. The Kier molecular flexibility index (Phi) is 4.88. The first-order valence-electron chi connectivity index (χ1n) is 5.24. The molecule has 0 aliphatic carbocycles. The van der Waals surface area contributed by atoms with Gasteiger partial charge in [-0.25, -0.2) is 0 Å². The van der Waals surface area contributed by atoms with Crippen LogP contribution < -0.4 is 5.32 Å². The molecule has 3 heteroatoms. The zero-order valence-corrected chi connectivity index (χ0v) is 10.1. The van der Waals surface area contributed by atoms with Crippen molar-refractivity contribution < 1.29 is 0 Å². The number of halogens is 1. The molecule has 1 aromatic carbocycles. The van der Waals surface area contributed by atoms with Gasteiger partial charge in [0.2, 0.25) is 0 Å². The minimum atomic E-state index is 0.353. The fourth-order valence-corrected chi connectivity index (χ4v) is 1.59. The van der Waals surface area contributed by atoms with Gasteiger partial charge in [-0.15, -0.1) is 6.58 Å². The third kappa shape index (κ3) is 3.60. The van der Waals surface area contributed by atoms with Crippen molar-refractivity contribution in [3.8, 4) is 6.07 Å². The molecular formula is C13H15ClN2. The predicted molar refractivity (Wildman–Crippen MR) is 68.7 cm³/mol. The highest BCUT2D eigenvalue weighted by molar-refractivity contribution is 6.31. The number of nitrogens with zero attached hydrogens (tertiary/aromatic N) is 1. The molecule has 0 spiro atoms. The van der Waals surface area contributed by atoms with E-state index in [1.54, 1.807) is 12.1 Å². The van der Waals surface area contributed by atoms with E-state index in [0.717, 1.165) is 18.5 Å². The van der Waals surface area contributed by atoms with E-state index in [9.17, 15) is 0 Å². The molecule has 0 aromatic heterocycles. The first kappa shape index (κ1) is 12.6. The van der Waals surface area contributed by atoms with Gasteiger partial charge in [-0.05, 0) is 38.0 Å². The highest BCUT2D eigenvalue weighted by atomic mass is 35.5. The smallest absolute Gasteiger partial charge is 0.101 e. The van der Waals surface area contributed by atoms with Crippen molar-refractivity contribution in [3.05, 3.63) is 41.4 Å². The first-order chi connectivity index (χ1) is 7.67. The maximum absolute atomic E-state index is 8.84. The number of hydrogen-bond acceptors (Lipinski definition) is 2. The number of nitrogens with one attached hydrogen (secondary N) is 1. The quantitative estimate of drug-likeness (QED) is 0.783. The van der Waals surface area contributed by atoms with E-state index < -0.39 is 0 Å². The van der Waals surface area contributed by atoms with Crippen LogP contribution in [0.1, 0.15) is 25.3 Å². The molecule has 1 N–H and O–H groups in total. The summed E-state index contributed by atoms with van der Waals surface area (Å²) in [6.07, 6.45) is 3.90. The molecule has 1 aromatic rings. The fraction of sp³-hybridized carbons (Fsp3) is 0.308. The van der Waals surface area contributed by atoms with Crippen LogP contribution in [-0.4, -0.2) is 6.04 Å². The summed E-state index contributed by atoms with van der Waals surface area (Å²) in [5, 5.41) is 12.7. The van der Waals surface area contributed by atoms with Crippen LogP contribution in [0, 0.1) is 11.3 Å². The summed E-state index contributed by atoms with van der Waals surface area (Å²) in [4.78, 5) is 0. The summed E-state index contributed by atoms with van der Waals surface area (Å²) in [7, 11) is 0. The lowest BCUT2D eigenvalue weighted by Crippen LogP contribution is -2.14. The molecule has 0 saturated heterocycles. The molecule has 84 valence electrons. The second-order valence-electron chi connectivity index (χ2n) is 3.72. The lowest BCUT2D eigenvalue weighted by molar-refractivity contribution is 0.719. The average Bonchev–Trinajstić information content (AvgIpc) is 2.29. The zero-order chi connectivity index (χ0) is 12.0. The Bertz CT molecular complexity index is 407. The maximum Gasteiger partial charge on any atom is 0.101 e. The molecule has 1 unspecified atom stereocenters. The highest BCUT2D eigenvalue weighted by Crippen LogP contribution is 2.20. The summed E-state index contributed by atoms with van der Waals surface area (Å²) >= 11 is 5.85. The van der Waals surface area contributed by atoms with Gasteiger partial charge in [-0.3, -0.25) is 0 Å². The normalized spacial score (nSPS) is 11.6. The van der Waals surface area contributed by atoms with E-state index in [0.29, 0.717) is 16.6 Å². The summed E-state index contributed by atoms with van der Waals surface area (Å²) < 4.78 is 0. The maximum atomic E-state index is 8.84. The molecule has 0 aliphatic rings. The summed E-state index contributed by atoms with van der Waals surface area (Å²) in [5.41, 5.74) is 1.43. The second kappa shape index (κ2) is 6.19. The molecule has 0 radical (unpaired) electrons. The zero-order valence-electron chi connectivity index (χ0n) is 9.33. The third-order valence-corrected chi connectivity index (χ3v) is 2.63. The Morgan fingerprint density at radius 3 is 3.00 bits per heavy atom. The Morgan fingerprint density at radius 1 is 1.62 bits per heavy atom. The Morgan fingerprint density at radius 2 is 2.38 bits per heavy atom. The molecular weight excluding hydrogens is 220 g/mol. The number of allylic oxidation sites excluding steroid dienone is 1. The third-order valence-electron chi connectivity index (χ3n) is 2.30. The lowest BCUT2D eigenvalue weighted by Gasteiger charge is -2.14. The number of hydrogen-bond donors (Lipinski definition) is 1. The van der Waals surface area contributed by atoms with Crippen LogP contribution >= 0.6 is 11.6 Å². The van der Waals surface area contributed by atoms with Crippen LogP contribution in [0.4, 0.5) is 5.69 Å². The molecule has 0 amide bonds. The molecule has 1 atom stereocenters. The molecule has 2 nitrogen and oxygen atoms in total. The Hall–Kier alpha value is -1.46. The van der Waals surface area contributed by atoms with Gasteiger partial charge in [0.1, 0.15) is 6.07 Å². The number of rotatable bonds is 5. The van der Waals surface area contributed by atoms with Gasteiger partial charge in [0.25, 0.3) is 0 Å². The van der Waals surface area contributed by atoms with Gasteiger partial charge in [0, 0.05) is 11.7 Å². The monoisotopic (exact) mass is 234 g/mol. The van der Waals surface area contributed by atoms with E-state index in [1.807, 2.05) is 12.1 Å². The highest BCUT2D eigenvalue weighted by Gasteiger charge is 2.04. The number of nitriles is 1. The molecule has 0 heterocycles. The Labute approximate surface area is 102 Å². The van der Waals surface area contributed by atoms with Gasteiger partial charge in [0.15, 0.2) is 0 Å². The van der Waals surface area contributed by atoms with Crippen molar-refractivity contribution in [2.24, 2.45) is 0 Å². The van der Waals surface area contributed by atoms with Crippen molar-refractivity contribution >= 4 is 17.3 Å². The molecule has 0 aliphatic heterocycles. The van der Waals surface area contributed by atoms with Crippen molar-refractivity contribution in [2.75, 3.05) is 5.32 Å². The standard InChI is InChI=1S/C13H15ClN2/c1-3-4-5-10(2)16-12-6-7-13(14)11(8-12)9-15/h3,6-8,10,16H,1,4-5H2,2H3. The lowest BCUT2D eigenvalue weighted by atomic mass is 10.1. The predicted octanol–water partition coefficient (Wildman–Crippen LogP) is 3.98. The van der Waals surface area contributed by atoms with Gasteiger partial charge < -0.3 is 5.32 Å². The minimum Gasteiger partial charge on any atom is -0.383 e. The van der Waals surface area contributed by atoms with E-state index in [2.05, 4.69) is 24.9 Å². The van der Waals surface area contributed by atoms with E-state index in [4.69, 9.17) is 16.9 Å². The van der Waals surface area contributed by atoms with Gasteiger partial charge in [-0.2, -0.15) is 5.26 Å². The number of anilines is 1. The summed E-state index contributed by atoms with van der Waals surface area (Å²) in [5.74, 6) is 0. The van der Waals surface area contributed by atoms with Crippen LogP contribution in [0.5, 0.6) is 0 Å². The van der Waals surface area contributed by atoms with Crippen LogP contribution in [-0.2, 0) is 0 Å². The van der Waals surface area contributed by atoms with E-state index in [1.165, 1.54) is 0 Å². The van der Waals surface area contributed by atoms with E-state index in [-0.39, 0.29) is 0 Å². The van der Waals surface area contributed by atoms with Crippen molar-refractivity contribution in [3.63, 3.8) is 0 Å². The van der Waals surface area contributed by atoms with Crippen LogP contribution in [0.15, 0.2) is 30.9 Å². The number of benzene rings is 1. The summed E-state index contributed by atoms with van der Waals surface area (Å²) in [6, 6.07) is 7.81. The molecule has 1 rings (SSSR count). The fourth-order valence-electron chi connectivity index (χ4n) is 1.43. The van der Waals surface area contributed by atoms with Crippen molar-refractivity contribution in [1.82, 2.24) is 0 Å². The van der Waals surface area contributed by atoms with Gasteiger partial charge in [0.05, 0.1) is 10.6 Å². The van der Waals surface area contributed by atoms with Crippen LogP contribution in [0.3, 0.4) is 0 Å². The van der Waals surface area contributed by atoms with Gasteiger partial charge >= 0.3 is 0 Å². The van der Waals surface area contributed by atoms with Crippen LogP contribution in [0.25, 0.3) is 0 Å². The minimum absolute atomic E-state index is 0.353. The topological polar surface area (TPSA) is 35.8 Å². The van der Waals surface area contributed by atoms with Crippen LogP contribution in [0.2, 0.25) is 5.02 Å². The van der Waals surface area contributed by atoms with Crippen molar-refractivity contribution in [2.45, 2.75) is 25.8 Å². The van der Waals surface area contributed by atoms with E-state index >= 15 is 0 Å². The average molecular weight is 235 g/mol.